The number of carbonyl (C=O) groups is 4. The Hall–Kier alpha value is -4.06. The first kappa shape index (κ1) is 30.4. The maximum atomic E-state index is 13.8. The molecule has 2 aliphatic heterocycles. The van der Waals surface area contributed by atoms with Crippen LogP contribution in [-0.4, -0.2) is 91.6 Å². The molecule has 2 saturated heterocycles. The molecule has 228 valence electrons. The van der Waals surface area contributed by atoms with Crippen molar-refractivity contribution in [3.8, 4) is 0 Å². The van der Waals surface area contributed by atoms with Crippen molar-refractivity contribution < 1.29 is 33.1 Å². The van der Waals surface area contributed by atoms with Gasteiger partial charge in [-0.25, -0.2) is 0 Å². The van der Waals surface area contributed by atoms with Gasteiger partial charge in [0.1, 0.15) is 23.3 Å². The molecule has 3 N–H and O–H groups in total. The maximum Gasteiger partial charge on any atom is 0.243 e. The summed E-state index contributed by atoms with van der Waals surface area (Å²) >= 11 is 0. The number of nitrogens with zero attached hydrogens (tertiary/aromatic N) is 1. The van der Waals surface area contributed by atoms with Crippen LogP contribution in [0.1, 0.15) is 25.0 Å². The van der Waals surface area contributed by atoms with Gasteiger partial charge in [-0.1, -0.05) is 36.4 Å². The average molecular weight is 591 g/mol. The monoisotopic (exact) mass is 590 g/mol. The molecule has 4 atom stereocenters. The van der Waals surface area contributed by atoms with E-state index >= 15 is 0 Å². The van der Waals surface area contributed by atoms with Crippen LogP contribution in [0.4, 0.5) is 0 Å². The quantitative estimate of drug-likeness (QED) is 0.254. The van der Waals surface area contributed by atoms with Crippen molar-refractivity contribution in [2.24, 2.45) is 0 Å². The lowest BCUT2D eigenvalue weighted by molar-refractivity contribution is -0.134. The minimum Gasteiger partial charge on any atom is -0.464 e. The highest BCUT2D eigenvalue weighted by Gasteiger charge is 2.50. The van der Waals surface area contributed by atoms with E-state index in [0.29, 0.717) is 38.5 Å². The van der Waals surface area contributed by atoms with Crippen LogP contribution in [-0.2, 0) is 41.5 Å². The number of benzene rings is 2. The molecule has 2 fully saturated rings. The van der Waals surface area contributed by atoms with Crippen LogP contribution >= 0.6 is 0 Å². The van der Waals surface area contributed by atoms with Gasteiger partial charge in [0.05, 0.1) is 38.7 Å². The van der Waals surface area contributed by atoms with E-state index in [1.54, 1.807) is 20.1 Å². The van der Waals surface area contributed by atoms with Gasteiger partial charge >= 0.3 is 0 Å². The summed E-state index contributed by atoms with van der Waals surface area (Å²) in [5.74, 6) is -1.53. The number of furan rings is 1. The molecule has 1 aromatic heterocycles. The van der Waals surface area contributed by atoms with Gasteiger partial charge < -0.3 is 29.8 Å². The van der Waals surface area contributed by atoms with Crippen molar-refractivity contribution in [1.29, 1.82) is 0 Å². The van der Waals surface area contributed by atoms with Crippen molar-refractivity contribution in [3.63, 3.8) is 0 Å². The first-order chi connectivity index (χ1) is 20.7. The van der Waals surface area contributed by atoms with Crippen molar-refractivity contribution in [2.75, 3.05) is 39.5 Å². The lowest BCUT2D eigenvalue weighted by Gasteiger charge is -2.27. The maximum absolute atomic E-state index is 13.8. The molecule has 0 spiro atoms. The third-order valence-corrected chi connectivity index (χ3v) is 7.85. The highest BCUT2D eigenvalue weighted by molar-refractivity contribution is 5.98. The molecule has 11 nitrogen and oxygen atoms in total. The molecule has 0 aliphatic carbocycles. The summed E-state index contributed by atoms with van der Waals surface area (Å²) in [5.41, 5.74) is 1.43. The van der Waals surface area contributed by atoms with E-state index in [-0.39, 0.29) is 31.1 Å². The van der Waals surface area contributed by atoms with Gasteiger partial charge in [-0.15, -0.1) is 0 Å². The van der Waals surface area contributed by atoms with Crippen LogP contribution in [0.15, 0.2) is 65.3 Å². The first-order valence-corrected chi connectivity index (χ1v) is 14.6. The highest BCUT2D eigenvalue weighted by Crippen LogP contribution is 2.29. The van der Waals surface area contributed by atoms with Gasteiger partial charge in [0.15, 0.2) is 5.78 Å². The van der Waals surface area contributed by atoms with Gasteiger partial charge in [-0.3, -0.25) is 24.1 Å². The van der Waals surface area contributed by atoms with Gasteiger partial charge in [0.25, 0.3) is 0 Å². The van der Waals surface area contributed by atoms with Crippen molar-refractivity contribution >= 4 is 34.5 Å². The number of rotatable bonds is 13. The zero-order valence-electron chi connectivity index (χ0n) is 24.5. The minimum absolute atomic E-state index is 0.153. The number of morpholine rings is 1. The van der Waals surface area contributed by atoms with Crippen LogP contribution in [0.25, 0.3) is 11.0 Å². The van der Waals surface area contributed by atoms with Crippen LogP contribution in [0.3, 0.4) is 0 Å². The fraction of sp³-hybridized carbons (Fsp3) is 0.438. The number of fused-ring (bicyclic) bond motifs is 1. The second-order valence-corrected chi connectivity index (χ2v) is 11.4. The Morgan fingerprint density at radius 2 is 1.58 bits per heavy atom. The Balaban J connectivity index is 1.30. The largest absolute Gasteiger partial charge is 0.464 e. The van der Waals surface area contributed by atoms with Crippen LogP contribution < -0.4 is 16.0 Å². The summed E-state index contributed by atoms with van der Waals surface area (Å²) in [6.45, 7) is 6.13. The number of amides is 3. The SMILES string of the molecule is CC(NC(=O)CN1CCOCC1)C(=O)NC(Cc1ccc2occc2c1)C(=O)NC(Cc1ccccc1)C(=O)C1(C)CO1. The van der Waals surface area contributed by atoms with Crippen molar-refractivity contribution in [1.82, 2.24) is 20.9 Å². The summed E-state index contributed by atoms with van der Waals surface area (Å²) in [4.78, 5) is 55.1. The van der Waals surface area contributed by atoms with Crippen molar-refractivity contribution in [3.05, 3.63) is 72.0 Å². The first-order valence-electron chi connectivity index (χ1n) is 14.6. The normalized spacial score (nSPS) is 20.5. The molecule has 43 heavy (non-hydrogen) atoms. The molecular weight excluding hydrogens is 552 g/mol. The molecule has 0 saturated carbocycles. The molecule has 3 aromatic rings. The molecule has 3 heterocycles. The topological polar surface area (TPSA) is 143 Å². The Morgan fingerprint density at radius 3 is 2.30 bits per heavy atom. The van der Waals surface area contributed by atoms with Crippen LogP contribution in [0.5, 0.6) is 0 Å². The summed E-state index contributed by atoms with van der Waals surface area (Å²) in [7, 11) is 0. The zero-order valence-corrected chi connectivity index (χ0v) is 24.5. The van der Waals surface area contributed by atoms with E-state index in [4.69, 9.17) is 13.9 Å². The summed E-state index contributed by atoms with van der Waals surface area (Å²) in [5, 5.41) is 9.30. The smallest absolute Gasteiger partial charge is 0.243 e. The number of ketones is 1. The number of carbonyl (C=O) groups excluding carboxylic acids is 4. The van der Waals surface area contributed by atoms with Crippen molar-refractivity contribution in [2.45, 2.75) is 50.4 Å². The Labute approximate surface area is 250 Å². The van der Waals surface area contributed by atoms with E-state index in [1.807, 2.05) is 59.5 Å². The Kier molecular flexibility index (Phi) is 9.54. The number of hydrogen-bond donors (Lipinski definition) is 3. The number of hydrogen-bond acceptors (Lipinski definition) is 8. The van der Waals surface area contributed by atoms with E-state index in [1.165, 1.54) is 0 Å². The highest BCUT2D eigenvalue weighted by atomic mass is 16.6. The van der Waals surface area contributed by atoms with E-state index in [2.05, 4.69) is 16.0 Å². The van der Waals surface area contributed by atoms with Crippen LogP contribution in [0.2, 0.25) is 0 Å². The fourth-order valence-corrected chi connectivity index (χ4v) is 5.15. The van der Waals surface area contributed by atoms with Gasteiger partial charge in [-0.2, -0.15) is 0 Å². The summed E-state index contributed by atoms with van der Waals surface area (Å²) < 4.78 is 16.2. The predicted molar refractivity (Wildman–Crippen MR) is 158 cm³/mol. The van der Waals surface area contributed by atoms with E-state index in [9.17, 15) is 19.2 Å². The summed E-state index contributed by atoms with van der Waals surface area (Å²) in [6, 6.07) is 14.0. The predicted octanol–water partition coefficient (Wildman–Crippen LogP) is 1.38. The third-order valence-electron chi connectivity index (χ3n) is 7.85. The standard InChI is InChI=1S/C32H38N4O7/c1-21(33-28(37)19-36-11-14-41-15-12-36)30(39)35-26(18-23-8-9-27-24(16-23)10-13-42-27)31(40)34-25(29(38)32(2)20-43-32)17-22-6-4-3-5-7-22/h3-10,13,16,21,25-26H,11-12,14-15,17-20H2,1-2H3,(H,33,37)(H,34,40)(H,35,39). The van der Waals surface area contributed by atoms with Crippen LogP contribution in [0, 0.1) is 0 Å². The second-order valence-electron chi connectivity index (χ2n) is 11.4. The van der Waals surface area contributed by atoms with E-state index < -0.39 is 35.5 Å². The summed E-state index contributed by atoms with van der Waals surface area (Å²) in [6.07, 6.45) is 2.02. The van der Waals surface area contributed by atoms with Gasteiger partial charge in [-0.05, 0) is 49.6 Å². The number of epoxide rings is 1. The molecule has 4 unspecified atom stereocenters. The lowest BCUT2D eigenvalue weighted by atomic mass is 9.94. The molecule has 0 bridgehead atoms. The minimum atomic E-state index is -1.02. The number of ether oxygens (including phenoxy) is 2. The second kappa shape index (κ2) is 13.5. The molecule has 11 heteroatoms. The molecule has 2 aromatic carbocycles. The molecule has 0 radical (unpaired) electrons. The lowest BCUT2D eigenvalue weighted by Crippen LogP contribution is -2.57. The molecule has 3 amide bonds. The Morgan fingerprint density at radius 1 is 0.884 bits per heavy atom. The fourth-order valence-electron chi connectivity index (χ4n) is 5.15. The molecule has 2 aliphatic rings. The molecule has 5 rings (SSSR count). The molecular formula is C32H38N4O7. The van der Waals surface area contributed by atoms with Gasteiger partial charge in [0.2, 0.25) is 17.7 Å². The van der Waals surface area contributed by atoms with Gasteiger partial charge in [0, 0.05) is 24.9 Å². The third kappa shape index (κ3) is 8.07. The number of Topliss-reactive ketones (excluding diaryl/α,β-unsaturated/α-hetero) is 1. The van der Waals surface area contributed by atoms with E-state index in [0.717, 1.165) is 16.5 Å². The average Bonchev–Trinajstić information content (AvgIpc) is 3.58. The zero-order chi connectivity index (χ0) is 30.4. The Bertz CT molecular complexity index is 1450. The number of nitrogens with one attached hydrogen (secondary N) is 3.